The highest BCUT2D eigenvalue weighted by Crippen LogP contribution is 2.31. The van der Waals surface area contributed by atoms with Gasteiger partial charge in [0.25, 0.3) is 0 Å². The molecule has 0 aliphatic heterocycles. The van der Waals surface area contributed by atoms with Gasteiger partial charge < -0.3 is 5.11 Å². The van der Waals surface area contributed by atoms with Gasteiger partial charge >= 0.3 is 5.97 Å². The first kappa shape index (κ1) is 13.7. The van der Waals surface area contributed by atoms with Crippen LogP contribution >= 0.6 is 11.3 Å². The maximum atomic E-state index is 11.2. The smallest absolute Gasteiger partial charge is 0.346 e. The standard InChI is InChI=1S/C16H14N2O2S/c1-9-13-10(2)17-12(8-11-6-4-3-5-7-11)18-15(13)21-14(9)16(19)20/h3-7H,8H2,1-2H3,(H,19,20). The van der Waals surface area contributed by atoms with Crippen molar-refractivity contribution in [1.29, 1.82) is 0 Å². The lowest BCUT2D eigenvalue weighted by molar-refractivity contribution is 0.0701. The summed E-state index contributed by atoms with van der Waals surface area (Å²) in [4.78, 5) is 21.4. The number of thiophene rings is 1. The predicted molar refractivity (Wildman–Crippen MR) is 83.1 cm³/mol. The molecule has 3 rings (SSSR count). The van der Waals surface area contributed by atoms with Crippen LogP contribution in [0.2, 0.25) is 0 Å². The molecule has 21 heavy (non-hydrogen) atoms. The normalized spacial score (nSPS) is 11.0. The van der Waals surface area contributed by atoms with E-state index in [0.29, 0.717) is 11.3 Å². The number of carboxylic acids is 1. The summed E-state index contributed by atoms with van der Waals surface area (Å²) in [6.45, 7) is 3.72. The Balaban J connectivity index is 2.09. The quantitative estimate of drug-likeness (QED) is 0.802. The Bertz CT molecular complexity index is 825. The summed E-state index contributed by atoms with van der Waals surface area (Å²) in [5, 5.41) is 10.1. The van der Waals surface area contributed by atoms with Crippen LogP contribution in [0.3, 0.4) is 0 Å². The lowest BCUT2D eigenvalue weighted by Crippen LogP contribution is -1.99. The van der Waals surface area contributed by atoms with Gasteiger partial charge in [-0.3, -0.25) is 0 Å². The summed E-state index contributed by atoms with van der Waals surface area (Å²) in [6.07, 6.45) is 0.650. The van der Waals surface area contributed by atoms with Crippen LogP contribution in [0.25, 0.3) is 10.2 Å². The molecule has 0 atom stereocenters. The summed E-state index contributed by atoms with van der Waals surface area (Å²) in [6, 6.07) is 10.0. The fraction of sp³-hybridized carbons (Fsp3) is 0.188. The van der Waals surface area contributed by atoms with E-state index in [4.69, 9.17) is 0 Å². The number of carboxylic acid groups (broad SMARTS) is 1. The number of hydrogen-bond donors (Lipinski definition) is 1. The van der Waals surface area contributed by atoms with Crippen molar-refractivity contribution >= 4 is 27.5 Å². The van der Waals surface area contributed by atoms with Crippen LogP contribution in [-0.2, 0) is 6.42 Å². The molecule has 0 saturated heterocycles. The van der Waals surface area contributed by atoms with E-state index in [9.17, 15) is 9.90 Å². The number of benzene rings is 1. The first-order valence-corrected chi connectivity index (χ1v) is 7.41. The largest absolute Gasteiger partial charge is 0.477 e. The van der Waals surface area contributed by atoms with Crippen molar-refractivity contribution < 1.29 is 9.90 Å². The number of aromatic carboxylic acids is 1. The van der Waals surface area contributed by atoms with Crippen molar-refractivity contribution in [3.63, 3.8) is 0 Å². The molecular weight excluding hydrogens is 284 g/mol. The molecule has 0 fully saturated rings. The number of aryl methyl sites for hydroxylation is 2. The minimum Gasteiger partial charge on any atom is -0.477 e. The summed E-state index contributed by atoms with van der Waals surface area (Å²) in [5.41, 5.74) is 2.74. The number of hydrogen-bond acceptors (Lipinski definition) is 4. The molecule has 0 amide bonds. The molecule has 0 saturated carbocycles. The minimum atomic E-state index is -0.903. The van der Waals surface area contributed by atoms with Gasteiger partial charge in [0, 0.05) is 11.8 Å². The second kappa shape index (κ2) is 5.26. The van der Waals surface area contributed by atoms with Crippen molar-refractivity contribution in [1.82, 2.24) is 9.97 Å². The Morgan fingerprint density at radius 1 is 1.19 bits per heavy atom. The van der Waals surface area contributed by atoms with E-state index in [2.05, 4.69) is 9.97 Å². The van der Waals surface area contributed by atoms with Gasteiger partial charge in [-0.1, -0.05) is 30.3 Å². The average Bonchev–Trinajstić information content (AvgIpc) is 2.77. The van der Waals surface area contributed by atoms with E-state index in [0.717, 1.165) is 32.9 Å². The van der Waals surface area contributed by atoms with Crippen LogP contribution in [0.4, 0.5) is 0 Å². The average molecular weight is 298 g/mol. The molecule has 1 N–H and O–H groups in total. The van der Waals surface area contributed by atoms with Gasteiger partial charge in [0.1, 0.15) is 15.5 Å². The molecule has 0 spiro atoms. The lowest BCUT2D eigenvalue weighted by Gasteiger charge is -2.03. The first-order valence-electron chi connectivity index (χ1n) is 6.60. The highest BCUT2D eigenvalue weighted by Gasteiger charge is 2.18. The summed E-state index contributed by atoms with van der Waals surface area (Å²) < 4.78 is 0. The van der Waals surface area contributed by atoms with Crippen molar-refractivity contribution in [3.8, 4) is 0 Å². The third kappa shape index (κ3) is 2.52. The summed E-state index contributed by atoms with van der Waals surface area (Å²) >= 11 is 1.22. The Hall–Kier alpha value is -2.27. The van der Waals surface area contributed by atoms with Crippen LogP contribution in [0.5, 0.6) is 0 Å². The van der Waals surface area contributed by atoms with Crippen LogP contribution < -0.4 is 0 Å². The molecule has 3 aromatic rings. The zero-order valence-corrected chi connectivity index (χ0v) is 12.6. The molecule has 4 nitrogen and oxygen atoms in total. The van der Waals surface area contributed by atoms with E-state index >= 15 is 0 Å². The molecule has 1 aromatic carbocycles. The zero-order valence-electron chi connectivity index (χ0n) is 11.8. The third-order valence-corrected chi connectivity index (χ3v) is 4.59. The summed E-state index contributed by atoms with van der Waals surface area (Å²) in [5.74, 6) is -0.177. The lowest BCUT2D eigenvalue weighted by atomic mass is 10.1. The van der Waals surface area contributed by atoms with Crippen molar-refractivity contribution in [2.75, 3.05) is 0 Å². The number of rotatable bonds is 3. The fourth-order valence-corrected chi connectivity index (χ4v) is 3.55. The second-order valence-corrected chi connectivity index (χ2v) is 5.93. The van der Waals surface area contributed by atoms with Crippen molar-refractivity contribution in [2.45, 2.75) is 20.3 Å². The van der Waals surface area contributed by atoms with Crippen LogP contribution in [-0.4, -0.2) is 21.0 Å². The molecule has 0 aliphatic rings. The molecule has 5 heteroatoms. The Morgan fingerprint density at radius 3 is 2.57 bits per heavy atom. The second-order valence-electron chi connectivity index (χ2n) is 4.93. The van der Waals surface area contributed by atoms with Gasteiger partial charge in [0.15, 0.2) is 0 Å². The van der Waals surface area contributed by atoms with Gasteiger partial charge in [0.2, 0.25) is 0 Å². The van der Waals surface area contributed by atoms with Gasteiger partial charge in [-0.25, -0.2) is 14.8 Å². The molecule has 0 aliphatic carbocycles. The molecule has 106 valence electrons. The van der Waals surface area contributed by atoms with Gasteiger partial charge in [-0.2, -0.15) is 0 Å². The maximum absolute atomic E-state index is 11.2. The molecule has 0 unspecified atom stereocenters. The number of nitrogens with zero attached hydrogens (tertiary/aromatic N) is 2. The molecule has 2 heterocycles. The van der Waals surface area contributed by atoms with Gasteiger partial charge in [-0.15, -0.1) is 11.3 Å². The molecule has 2 aromatic heterocycles. The Morgan fingerprint density at radius 2 is 1.90 bits per heavy atom. The number of carbonyl (C=O) groups is 1. The van der Waals surface area contributed by atoms with E-state index in [-0.39, 0.29) is 0 Å². The molecular formula is C16H14N2O2S. The maximum Gasteiger partial charge on any atom is 0.346 e. The van der Waals surface area contributed by atoms with Crippen molar-refractivity contribution in [3.05, 3.63) is 57.9 Å². The Kier molecular flexibility index (Phi) is 3.43. The highest BCUT2D eigenvalue weighted by molar-refractivity contribution is 7.20. The van der Waals surface area contributed by atoms with Gasteiger partial charge in [-0.05, 0) is 25.0 Å². The topological polar surface area (TPSA) is 63.1 Å². The molecule has 0 radical (unpaired) electrons. The SMILES string of the molecule is Cc1nc(Cc2ccccc2)nc2sc(C(=O)O)c(C)c12. The molecule has 0 bridgehead atoms. The van der Waals surface area contributed by atoms with Crippen molar-refractivity contribution in [2.24, 2.45) is 0 Å². The zero-order chi connectivity index (χ0) is 15.0. The van der Waals surface area contributed by atoms with E-state index < -0.39 is 5.97 Å². The van der Waals surface area contributed by atoms with E-state index in [1.54, 1.807) is 0 Å². The fourth-order valence-electron chi connectivity index (χ4n) is 2.46. The number of fused-ring (bicyclic) bond motifs is 1. The number of aromatic nitrogens is 2. The van der Waals surface area contributed by atoms with E-state index in [1.807, 2.05) is 44.2 Å². The first-order chi connectivity index (χ1) is 10.1. The highest BCUT2D eigenvalue weighted by atomic mass is 32.1. The van der Waals surface area contributed by atoms with Crippen LogP contribution in [0.15, 0.2) is 30.3 Å². The summed E-state index contributed by atoms with van der Waals surface area (Å²) in [7, 11) is 0. The minimum absolute atomic E-state index is 0.347. The van der Waals surface area contributed by atoms with Crippen LogP contribution in [0, 0.1) is 13.8 Å². The Labute approximate surface area is 126 Å². The van der Waals surface area contributed by atoms with Crippen LogP contribution in [0.1, 0.15) is 32.3 Å². The predicted octanol–water partition coefficient (Wildman–Crippen LogP) is 3.60. The van der Waals surface area contributed by atoms with E-state index in [1.165, 1.54) is 11.3 Å². The van der Waals surface area contributed by atoms with Gasteiger partial charge in [0.05, 0.1) is 5.69 Å². The third-order valence-electron chi connectivity index (χ3n) is 3.42. The monoisotopic (exact) mass is 298 g/mol.